The van der Waals surface area contributed by atoms with Crippen LogP contribution in [-0.2, 0) is 7.05 Å². The van der Waals surface area contributed by atoms with Crippen molar-refractivity contribution < 1.29 is 9.50 Å². The quantitative estimate of drug-likeness (QED) is 0.607. The lowest BCUT2D eigenvalue weighted by atomic mass is 9.95. The Morgan fingerprint density at radius 3 is 2.65 bits per heavy atom. The van der Waals surface area contributed by atoms with Crippen LogP contribution < -0.4 is 0 Å². The van der Waals surface area contributed by atoms with Crippen molar-refractivity contribution in [3.63, 3.8) is 0 Å². The van der Waals surface area contributed by atoms with Crippen LogP contribution in [0.4, 0.5) is 4.39 Å². The molecule has 0 spiro atoms. The van der Waals surface area contributed by atoms with E-state index in [0.29, 0.717) is 16.8 Å². The zero-order valence-electron chi connectivity index (χ0n) is 14.8. The smallest absolute Gasteiger partial charge is 0.140 e. The van der Waals surface area contributed by atoms with Gasteiger partial charge in [0.1, 0.15) is 17.2 Å². The average Bonchev–Trinajstić information content (AvgIpc) is 3.16. The highest BCUT2D eigenvalue weighted by Gasteiger charge is 2.21. The minimum atomic E-state index is -0.336. The van der Waals surface area contributed by atoms with E-state index in [2.05, 4.69) is 10.1 Å². The molecule has 1 atom stereocenters. The highest BCUT2D eigenvalue weighted by molar-refractivity contribution is 5.65. The number of halogens is 1. The summed E-state index contributed by atoms with van der Waals surface area (Å²) in [6, 6.07) is 8.69. The first-order chi connectivity index (χ1) is 12.5. The van der Waals surface area contributed by atoms with Gasteiger partial charge in [-0.1, -0.05) is 25.1 Å². The molecule has 0 aliphatic carbocycles. The summed E-state index contributed by atoms with van der Waals surface area (Å²) in [5, 5.41) is 14.3. The maximum absolute atomic E-state index is 14.6. The summed E-state index contributed by atoms with van der Waals surface area (Å²) >= 11 is 0. The number of benzene rings is 1. The predicted molar refractivity (Wildman–Crippen MR) is 97.7 cm³/mol. The Balaban J connectivity index is 1.93. The van der Waals surface area contributed by atoms with Gasteiger partial charge in [-0.05, 0) is 13.0 Å². The van der Waals surface area contributed by atoms with Crippen LogP contribution in [0.1, 0.15) is 29.8 Å². The Kier molecular flexibility index (Phi) is 3.76. The summed E-state index contributed by atoms with van der Waals surface area (Å²) in [6.45, 7) is 3.92. The third-order valence-corrected chi connectivity index (χ3v) is 4.76. The molecule has 0 aliphatic rings. The molecule has 4 aromatic rings. The van der Waals surface area contributed by atoms with E-state index in [0.717, 1.165) is 17.0 Å². The van der Waals surface area contributed by atoms with Gasteiger partial charge >= 0.3 is 0 Å². The van der Waals surface area contributed by atoms with Crippen LogP contribution in [0.25, 0.3) is 16.8 Å². The number of fused-ring (bicyclic) bond motifs is 1. The number of nitrogens with zero attached hydrogens (tertiary/aromatic N) is 4. The van der Waals surface area contributed by atoms with Gasteiger partial charge in [0.2, 0.25) is 0 Å². The molecule has 6 heteroatoms. The first kappa shape index (κ1) is 16.3. The Bertz CT molecular complexity index is 1110. The Morgan fingerprint density at radius 1 is 1.19 bits per heavy atom. The second-order valence-corrected chi connectivity index (χ2v) is 6.53. The number of aromatic nitrogens is 4. The minimum Gasteiger partial charge on any atom is -0.508 e. The van der Waals surface area contributed by atoms with Gasteiger partial charge in [0.25, 0.3) is 0 Å². The molecular formula is C20H19FN4O. The van der Waals surface area contributed by atoms with Gasteiger partial charge in [-0.3, -0.25) is 4.68 Å². The highest BCUT2D eigenvalue weighted by Crippen LogP contribution is 2.34. The van der Waals surface area contributed by atoms with Crippen molar-refractivity contribution >= 4 is 5.65 Å². The van der Waals surface area contributed by atoms with Gasteiger partial charge in [-0.15, -0.1) is 0 Å². The molecule has 0 bridgehead atoms. The first-order valence-corrected chi connectivity index (χ1v) is 8.40. The fraction of sp³-hybridized carbons (Fsp3) is 0.200. The van der Waals surface area contributed by atoms with Crippen LogP contribution in [0.2, 0.25) is 0 Å². The zero-order valence-corrected chi connectivity index (χ0v) is 14.8. The number of phenols is 1. The summed E-state index contributed by atoms with van der Waals surface area (Å²) in [5.74, 6) is -0.195. The highest BCUT2D eigenvalue weighted by atomic mass is 19.1. The number of pyridine rings is 1. The summed E-state index contributed by atoms with van der Waals surface area (Å²) in [4.78, 5) is 4.51. The summed E-state index contributed by atoms with van der Waals surface area (Å²) in [7, 11) is 1.80. The molecule has 0 fully saturated rings. The molecule has 4 rings (SSSR count). The number of imidazole rings is 1. The largest absolute Gasteiger partial charge is 0.508 e. The van der Waals surface area contributed by atoms with Crippen LogP contribution >= 0.6 is 0 Å². The molecule has 0 aliphatic heterocycles. The SMILES string of the molecule is Cc1nc2cc(F)c(-c3cnn(C)c3)cn2c1C(C)c1ccccc1O. The van der Waals surface area contributed by atoms with Crippen LogP contribution in [-0.4, -0.2) is 24.3 Å². The van der Waals surface area contributed by atoms with Crippen molar-refractivity contribution in [1.29, 1.82) is 0 Å². The molecule has 1 unspecified atom stereocenters. The number of hydrogen-bond acceptors (Lipinski definition) is 3. The van der Waals surface area contributed by atoms with E-state index < -0.39 is 0 Å². The third kappa shape index (κ3) is 2.54. The van der Waals surface area contributed by atoms with Crippen molar-refractivity contribution in [3.8, 4) is 16.9 Å². The summed E-state index contributed by atoms with van der Waals surface area (Å²) < 4.78 is 18.2. The van der Waals surface area contributed by atoms with E-state index in [-0.39, 0.29) is 17.5 Å². The van der Waals surface area contributed by atoms with Crippen molar-refractivity contribution in [3.05, 3.63) is 71.7 Å². The van der Waals surface area contributed by atoms with E-state index in [1.807, 2.05) is 30.4 Å². The lowest BCUT2D eigenvalue weighted by molar-refractivity contribution is 0.465. The molecule has 132 valence electrons. The lowest BCUT2D eigenvalue weighted by Crippen LogP contribution is -2.03. The number of aromatic hydroxyl groups is 1. The lowest BCUT2D eigenvalue weighted by Gasteiger charge is -2.15. The van der Waals surface area contributed by atoms with Gasteiger partial charge < -0.3 is 9.51 Å². The molecule has 3 heterocycles. The van der Waals surface area contributed by atoms with E-state index in [9.17, 15) is 9.50 Å². The maximum atomic E-state index is 14.6. The molecular weight excluding hydrogens is 331 g/mol. The Labute approximate surface area is 150 Å². The van der Waals surface area contributed by atoms with Crippen LogP contribution in [0, 0.1) is 12.7 Å². The normalized spacial score (nSPS) is 12.6. The molecule has 26 heavy (non-hydrogen) atoms. The molecule has 1 N–H and O–H groups in total. The van der Waals surface area contributed by atoms with E-state index in [4.69, 9.17) is 0 Å². The van der Waals surface area contributed by atoms with Crippen LogP contribution in [0.15, 0.2) is 48.9 Å². The van der Waals surface area contributed by atoms with Crippen LogP contribution in [0.3, 0.4) is 0 Å². The van der Waals surface area contributed by atoms with Crippen molar-refractivity contribution in [2.75, 3.05) is 0 Å². The van der Waals surface area contributed by atoms with Crippen LogP contribution in [0.5, 0.6) is 5.75 Å². The first-order valence-electron chi connectivity index (χ1n) is 8.40. The Morgan fingerprint density at radius 2 is 1.96 bits per heavy atom. The van der Waals surface area contributed by atoms with Gasteiger partial charge in [0.15, 0.2) is 0 Å². The van der Waals surface area contributed by atoms with Gasteiger partial charge in [0, 0.05) is 48.1 Å². The zero-order chi connectivity index (χ0) is 18.4. The fourth-order valence-electron chi connectivity index (χ4n) is 3.50. The molecule has 3 aromatic heterocycles. The number of rotatable bonds is 3. The number of aryl methyl sites for hydroxylation is 2. The number of para-hydroxylation sites is 1. The molecule has 0 radical (unpaired) electrons. The molecule has 5 nitrogen and oxygen atoms in total. The van der Waals surface area contributed by atoms with Gasteiger partial charge in [-0.2, -0.15) is 5.10 Å². The molecule has 0 saturated heterocycles. The Hall–Kier alpha value is -3.15. The maximum Gasteiger partial charge on any atom is 0.140 e. The second kappa shape index (κ2) is 5.98. The van der Waals surface area contributed by atoms with E-state index in [1.54, 1.807) is 42.5 Å². The number of hydrogen-bond donors (Lipinski definition) is 1. The van der Waals surface area contributed by atoms with E-state index in [1.165, 1.54) is 6.07 Å². The average molecular weight is 350 g/mol. The molecule has 0 amide bonds. The summed E-state index contributed by atoms with van der Waals surface area (Å²) in [5.41, 5.74) is 4.26. The summed E-state index contributed by atoms with van der Waals surface area (Å²) in [6.07, 6.45) is 5.17. The molecule has 0 saturated carbocycles. The third-order valence-electron chi connectivity index (χ3n) is 4.76. The standard InChI is InChI=1S/C20H19FN4O/c1-12(15-6-4-5-7-18(15)26)20-13(2)23-19-8-17(21)16(11-25(19)20)14-9-22-24(3)10-14/h4-12,26H,1-3H3. The van der Waals surface area contributed by atoms with Crippen molar-refractivity contribution in [2.45, 2.75) is 19.8 Å². The van der Waals surface area contributed by atoms with Gasteiger partial charge in [0.05, 0.1) is 17.6 Å². The van der Waals surface area contributed by atoms with Gasteiger partial charge in [-0.25, -0.2) is 9.37 Å². The molecule has 1 aromatic carbocycles. The predicted octanol–water partition coefficient (Wildman–Crippen LogP) is 4.04. The second-order valence-electron chi connectivity index (χ2n) is 6.53. The topological polar surface area (TPSA) is 55.4 Å². The monoisotopic (exact) mass is 350 g/mol. The van der Waals surface area contributed by atoms with Crippen molar-refractivity contribution in [1.82, 2.24) is 19.2 Å². The minimum absolute atomic E-state index is 0.0987. The number of phenolic OH excluding ortho intramolecular Hbond substituents is 1. The van der Waals surface area contributed by atoms with E-state index >= 15 is 0 Å². The fourth-order valence-corrected chi connectivity index (χ4v) is 3.50. The van der Waals surface area contributed by atoms with Crippen molar-refractivity contribution in [2.24, 2.45) is 7.05 Å².